The highest BCUT2D eigenvalue weighted by atomic mass is 16.5. The highest BCUT2D eigenvalue weighted by Gasteiger charge is 2.03. The summed E-state index contributed by atoms with van der Waals surface area (Å²) in [6.07, 6.45) is 1.04. The van der Waals surface area contributed by atoms with Crippen LogP contribution in [0.4, 0.5) is 0 Å². The van der Waals surface area contributed by atoms with Crippen LogP contribution in [-0.4, -0.2) is 11.5 Å². The first kappa shape index (κ1) is 14.5. The van der Waals surface area contributed by atoms with Crippen molar-refractivity contribution in [3.63, 3.8) is 0 Å². The number of benzene rings is 1. The minimum atomic E-state index is 0.645. The van der Waals surface area contributed by atoms with E-state index in [0.29, 0.717) is 5.88 Å². The second-order valence-corrected chi connectivity index (χ2v) is 4.77. The molecule has 0 fully saturated rings. The molecule has 0 spiro atoms. The second-order valence-electron chi connectivity index (χ2n) is 4.77. The number of aryl methyl sites for hydroxylation is 2. The van der Waals surface area contributed by atoms with Gasteiger partial charge in [-0.05, 0) is 43.1 Å². The van der Waals surface area contributed by atoms with Gasteiger partial charge in [-0.15, -0.1) is 0 Å². The van der Waals surface area contributed by atoms with Crippen LogP contribution < -0.4 is 10.1 Å². The van der Waals surface area contributed by atoms with E-state index < -0.39 is 0 Å². The normalized spacial score (nSPS) is 10.6. The number of pyridine rings is 1. The van der Waals surface area contributed by atoms with E-state index in [-0.39, 0.29) is 0 Å². The summed E-state index contributed by atoms with van der Waals surface area (Å²) < 4.78 is 5.79. The fourth-order valence-corrected chi connectivity index (χ4v) is 1.98. The second kappa shape index (κ2) is 7.06. The first-order valence-electron chi connectivity index (χ1n) is 7.17. The summed E-state index contributed by atoms with van der Waals surface area (Å²) in [6.45, 7) is 8.06. The van der Waals surface area contributed by atoms with Crippen molar-refractivity contribution in [3.05, 3.63) is 53.2 Å². The molecule has 1 aromatic heterocycles. The van der Waals surface area contributed by atoms with E-state index in [4.69, 9.17) is 4.74 Å². The fourth-order valence-electron chi connectivity index (χ4n) is 1.98. The van der Waals surface area contributed by atoms with Crippen LogP contribution in [-0.2, 0) is 13.0 Å². The molecule has 0 saturated carbocycles. The molecule has 2 rings (SSSR count). The van der Waals surface area contributed by atoms with Gasteiger partial charge in [0.1, 0.15) is 5.75 Å². The molecule has 0 bridgehead atoms. The zero-order valence-electron chi connectivity index (χ0n) is 12.4. The Morgan fingerprint density at radius 1 is 1.05 bits per heavy atom. The predicted molar refractivity (Wildman–Crippen MR) is 82.2 cm³/mol. The molecular weight excluding hydrogens is 248 g/mol. The molecule has 0 atom stereocenters. The number of rotatable bonds is 6. The fraction of sp³-hybridized carbons (Fsp3) is 0.353. The number of hydrogen-bond donors (Lipinski definition) is 1. The van der Waals surface area contributed by atoms with Crippen LogP contribution in [0.3, 0.4) is 0 Å². The van der Waals surface area contributed by atoms with Crippen LogP contribution in [0.2, 0.25) is 0 Å². The minimum Gasteiger partial charge on any atom is -0.439 e. The third-order valence-corrected chi connectivity index (χ3v) is 3.29. The summed E-state index contributed by atoms with van der Waals surface area (Å²) in [4.78, 5) is 4.50. The molecule has 106 valence electrons. The van der Waals surface area contributed by atoms with Crippen molar-refractivity contribution < 1.29 is 4.74 Å². The van der Waals surface area contributed by atoms with Gasteiger partial charge in [0.05, 0.1) is 0 Å². The summed E-state index contributed by atoms with van der Waals surface area (Å²) in [6, 6.07) is 12.1. The van der Waals surface area contributed by atoms with Crippen LogP contribution in [0.1, 0.15) is 30.7 Å². The first-order chi connectivity index (χ1) is 9.72. The third-order valence-electron chi connectivity index (χ3n) is 3.29. The lowest BCUT2D eigenvalue weighted by Gasteiger charge is -2.09. The number of aromatic nitrogens is 1. The standard InChI is InChI=1S/C17H22N2O/c1-4-14-6-9-16(10-7-14)20-17-11-8-15(12-18-5-2)13(3)19-17/h6-11,18H,4-5,12H2,1-3H3. The van der Waals surface area contributed by atoms with Gasteiger partial charge < -0.3 is 10.1 Å². The summed E-state index contributed by atoms with van der Waals surface area (Å²) in [5, 5.41) is 3.31. The highest BCUT2D eigenvalue weighted by Crippen LogP contribution is 2.21. The van der Waals surface area contributed by atoms with Gasteiger partial charge in [0.2, 0.25) is 5.88 Å². The van der Waals surface area contributed by atoms with E-state index in [1.54, 1.807) is 0 Å². The van der Waals surface area contributed by atoms with Crippen LogP contribution in [0.5, 0.6) is 11.6 Å². The molecule has 0 radical (unpaired) electrons. The maximum atomic E-state index is 5.79. The summed E-state index contributed by atoms with van der Waals surface area (Å²) in [5.74, 6) is 1.47. The SMILES string of the molecule is CCNCc1ccc(Oc2ccc(CC)cc2)nc1C. The van der Waals surface area contributed by atoms with E-state index in [1.807, 2.05) is 25.1 Å². The quantitative estimate of drug-likeness (QED) is 0.865. The van der Waals surface area contributed by atoms with Crippen LogP contribution in [0, 0.1) is 6.92 Å². The van der Waals surface area contributed by atoms with E-state index in [2.05, 4.69) is 42.3 Å². The molecule has 0 aliphatic heterocycles. The summed E-state index contributed by atoms with van der Waals surface area (Å²) in [7, 11) is 0. The van der Waals surface area contributed by atoms with Crippen molar-refractivity contribution in [1.29, 1.82) is 0 Å². The van der Waals surface area contributed by atoms with Gasteiger partial charge in [-0.25, -0.2) is 4.98 Å². The van der Waals surface area contributed by atoms with Crippen molar-refractivity contribution in [1.82, 2.24) is 10.3 Å². The maximum absolute atomic E-state index is 5.79. The molecule has 0 amide bonds. The monoisotopic (exact) mass is 270 g/mol. The van der Waals surface area contributed by atoms with Gasteiger partial charge in [0, 0.05) is 18.3 Å². The molecule has 3 heteroatoms. The molecule has 2 aromatic rings. The Bertz CT molecular complexity index is 549. The zero-order valence-corrected chi connectivity index (χ0v) is 12.4. The summed E-state index contributed by atoms with van der Waals surface area (Å²) in [5.41, 5.74) is 3.52. The number of nitrogens with one attached hydrogen (secondary N) is 1. The molecule has 0 saturated heterocycles. The maximum Gasteiger partial charge on any atom is 0.219 e. The Morgan fingerprint density at radius 2 is 1.80 bits per heavy atom. The number of nitrogens with zero attached hydrogens (tertiary/aromatic N) is 1. The van der Waals surface area contributed by atoms with Crippen LogP contribution >= 0.6 is 0 Å². The molecule has 0 aliphatic carbocycles. The summed E-state index contributed by atoms with van der Waals surface area (Å²) >= 11 is 0. The van der Waals surface area contributed by atoms with Crippen LogP contribution in [0.25, 0.3) is 0 Å². The minimum absolute atomic E-state index is 0.645. The molecule has 1 N–H and O–H groups in total. The van der Waals surface area contributed by atoms with Crippen molar-refractivity contribution in [3.8, 4) is 11.6 Å². The highest BCUT2D eigenvalue weighted by molar-refractivity contribution is 5.32. The van der Waals surface area contributed by atoms with Gasteiger partial charge in [-0.2, -0.15) is 0 Å². The van der Waals surface area contributed by atoms with Gasteiger partial charge in [-0.1, -0.05) is 32.0 Å². The molecule has 1 aromatic carbocycles. The van der Waals surface area contributed by atoms with Crippen molar-refractivity contribution >= 4 is 0 Å². The topological polar surface area (TPSA) is 34.1 Å². The van der Waals surface area contributed by atoms with Crippen molar-refractivity contribution in [2.45, 2.75) is 33.7 Å². The average molecular weight is 270 g/mol. The van der Waals surface area contributed by atoms with Gasteiger partial charge in [0.15, 0.2) is 0 Å². The van der Waals surface area contributed by atoms with Gasteiger partial charge >= 0.3 is 0 Å². The molecule has 3 nitrogen and oxygen atoms in total. The number of ether oxygens (including phenoxy) is 1. The Kier molecular flexibility index (Phi) is 5.13. The molecular formula is C17H22N2O. The van der Waals surface area contributed by atoms with E-state index in [1.165, 1.54) is 11.1 Å². The van der Waals surface area contributed by atoms with Crippen molar-refractivity contribution in [2.75, 3.05) is 6.54 Å². The van der Waals surface area contributed by atoms with Crippen molar-refractivity contribution in [2.24, 2.45) is 0 Å². The lowest BCUT2D eigenvalue weighted by atomic mass is 10.2. The Hall–Kier alpha value is -1.87. The lowest BCUT2D eigenvalue weighted by Crippen LogP contribution is -2.13. The Morgan fingerprint density at radius 3 is 2.40 bits per heavy atom. The smallest absolute Gasteiger partial charge is 0.219 e. The van der Waals surface area contributed by atoms with E-state index >= 15 is 0 Å². The Balaban J connectivity index is 2.07. The first-order valence-corrected chi connectivity index (χ1v) is 7.17. The third kappa shape index (κ3) is 3.81. The molecule has 0 unspecified atom stereocenters. The largest absolute Gasteiger partial charge is 0.439 e. The van der Waals surface area contributed by atoms with Crippen LogP contribution in [0.15, 0.2) is 36.4 Å². The Labute approximate surface area is 121 Å². The predicted octanol–water partition coefficient (Wildman–Crippen LogP) is 3.85. The van der Waals surface area contributed by atoms with Gasteiger partial charge in [0.25, 0.3) is 0 Å². The number of hydrogen-bond acceptors (Lipinski definition) is 3. The lowest BCUT2D eigenvalue weighted by molar-refractivity contribution is 0.460. The molecule has 1 heterocycles. The van der Waals surface area contributed by atoms with E-state index in [9.17, 15) is 0 Å². The molecule has 20 heavy (non-hydrogen) atoms. The van der Waals surface area contributed by atoms with Gasteiger partial charge in [-0.3, -0.25) is 0 Å². The zero-order chi connectivity index (χ0) is 14.4. The van der Waals surface area contributed by atoms with E-state index in [0.717, 1.165) is 31.0 Å². The molecule has 0 aliphatic rings. The average Bonchev–Trinajstić information content (AvgIpc) is 2.47.